The smallest absolute Gasteiger partial charge is 0.415 e. The highest BCUT2D eigenvalue weighted by Gasteiger charge is 2.47. The van der Waals surface area contributed by atoms with Crippen LogP contribution in [0.4, 0.5) is 10.5 Å². The summed E-state index contributed by atoms with van der Waals surface area (Å²) in [6, 6.07) is 19.9. The second kappa shape index (κ2) is 9.63. The Morgan fingerprint density at radius 2 is 1.70 bits per heavy atom. The van der Waals surface area contributed by atoms with Crippen LogP contribution < -0.4 is 4.90 Å². The molecular weight excluding hydrogens is 376 g/mol. The zero-order valence-corrected chi connectivity index (χ0v) is 17.9. The summed E-state index contributed by atoms with van der Waals surface area (Å²) in [5.41, 5.74) is 1.96. The summed E-state index contributed by atoms with van der Waals surface area (Å²) in [5.74, 6) is 0.482. The van der Waals surface area contributed by atoms with Gasteiger partial charge in [-0.1, -0.05) is 48.5 Å². The van der Waals surface area contributed by atoms with E-state index in [-0.39, 0.29) is 12.2 Å². The normalized spacial score (nSPS) is 25.1. The van der Waals surface area contributed by atoms with Gasteiger partial charge in [0.05, 0.1) is 26.2 Å². The highest BCUT2D eigenvalue weighted by molar-refractivity contribution is 5.87. The standard InChI is InChI=1S/C25H33N2O3/c1-2-29-18-17-27-15-13-22(14-16-27)24(20-27)30-25(28)26(23-11-7-4-8-12-23)19-21-9-5-3-6-10-21/h3-12,22,24H,2,13-20H2,1H3/q+1/t22?,24-,27?/m0/s1. The number of nitrogens with zero attached hydrogens (tertiary/aromatic N) is 2. The fraction of sp³-hybridized carbons (Fsp3) is 0.480. The summed E-state index contributed by atoms with van der Waals surface area (Å²) < 4.78 is 12.8. The van der Waals surface area contributed by atoms with Crippen molar-refractivity contribution < 1.29 is 18.8 Å². The fourth-order valence-electron chi connectivity index (χ4n) is 4.90. The van der Waals surface area contributed by atoms with Crippen molar-refractivity contribution >= 4 is 11.8 Å². The lowest BCUT2D eigenvalue weighted by Gasteiger charge is -2.52. The molecule has 30 heavy (non-hydrogen) atoms. The van der Waals surface area contributed by atoms with Crippen LogP contribution in [-0.4, -0.2) is 56.1 Å². The first-order valence-corrected chi connectivity index (χ1v) is 11.2. The van der Waals surface area contributed by atoms with Crippen molar-refractivity contribution in [3.05, 3.63) is 66.2 Å². The average Bonchev–Trinajstić information content (AvgIpc) is 2.79. The number of hydrogen-bond donors (Lipinski definition) is 0. The van der Waals surface area contributed by atoms with Crippen molar-refractivity contribution in [2.24, 2.45) is 5.92 Å². The summed E-state index contributed by atoms with van der Waals surface area (Å²) in [4.78, 5) is 15.1. The van der Waals surface area contributed by atoms with Crippen molar-refractivity contribution in [3.63, 3.8) is 0 Å². The van der Waals surface area contributed by atoms with Gasteiger partial charge in [0.25, 0.3) is 0 Å². The molecule has 5 rings (SSSR count). The van der Waals surface area contributed by atoms with E-state index >= 15 is 0 Å². The number of amides is 1. The van der Waals surface area contributed by atoms with Gasteiger partial charge in [-0.2, -0.15) is 0 Å². The average molecular weight is 410 g/mol. The van der Waals surface area contributed by atoms with Crippen LogP contribution in [0.5, 0.6) is 0 Å². The minimum absolute atomic E-state index is 0.0105. The highest BCUT2D eigenvalue weighted by Crippen LogP contribution is 2.36. The number of carbonyl (C=O) groups is 1. The predicted molar refractivity (Wildman–Crippen MR) is 118 cm³/mol. The molecule has 5 nitrogen and oxygen atoms in total. The van der Waals surface area contributed by atoms with E-state index < -0.39 is 0 Å². The van der Waals surface area contributed by atoms with E-state index in [1.54, 1.807) is 4.90 Å². The molecule has 1 amide bonds. The second-order valence-electron chi connectivity index (χ2n) is 8.56. The van der Waals surface area contributed by atoms with Gasteiger partial charge in [0.1, 0.15) is 13.1 Å². The Labute approximate surface area is 179 Å². The third-order valence-electron chi connectivity index (χ3n) is 6.68. The first kappa shape index (κ1) is 20.9. The minimum Gasteiger partial charge on any atom is -0.440 e. The lowest BCUT2D eigenvalue weighted by molar-refractivity contribution is -0.946. The molecule has 0 spiro atoms. The maximum Gasteiger partial charge on any atom is 0.415 e. The Morgan fingerprint density at radius 1 is 1.03 bits per heavy atom. The van der Waals surface area contributed by atoms with Gasteiger partial charge < -0.3 is 14.0 Å². The molecule has 0 saturated carbocycles. The van der Waals surface area contributed by atoms with Crippen LogP contribution in [0.15, 0.2) is 60.7 Å². The van der Waals surface area contributed by atoms with Crippen molar-refractivity contribution in [1.82, 2.24) is 0 Å². The number of benzene rings is 2. The second-order valence-corrected chi connectivity index (χ2v) is 8.56. The van der Waals surface area contributed by atoms with Crippen LogP contribution in [0.3, 0.4) is 0 Å². The Balaban J connectivity index is 1.47. The maximum atomic E-state index is 13.3. The first-order valence-electron chi connectivity index (χ1n) is 11.2. The summed E-state index contributed by atoms with van der Waals surface area (Å²) >= 11 is 0. The van der Waals surface area contributed by atoms with Gasteiger partial charge in [0.2, 0.25) is 0 Å². The topological polar surface area (TPSA) is 38.8 Å². The molecule has 1 atom stereocenters. The van der Waals surface area contributed by atoms with Crippen molar-refractivity contribution in [2.75, 3.05) is 44.3 Å². The molecule has 0 radical (unpaired) electrons. The Kier molecular flexibility index (Phi) is 6.70. The number of para-hydroxylation sites is 1. The van der Waals surface area contributed by atoms with Crippen LogP contribution in [0, 0.1) is 5.92 Å². The molecule has 3 aliphatic heterocycles. The van der Waals surface area contributed by atoms with Crippen LogP contribution in [0.25, 0.3) is 0 Å². The van der Waals surface area contributed by atoms with E-state index in [0.717, 1.165) is 54.9 Å². The quantitative estimate of drug-likeness (QED) is 0.477. The molecule has 3 heterocycles. The molecule has 2 bridgehead atoms. The first-order chi connectivity index (χ1) is 14.7. The molecule has 5 heteroatoms. The Hall–Kier alpha value is -2.37. The number of fused-ring (bicyclic) bond motifs is 3. The molecule has 3 fully saturated rings. The zero-order chi connectivity index (χ0) is 20.8. The van der Waals surface area contributed by atoms with Crippen molar-refractivity contribution in [3.8, 4) is 0 Å². The number of rotatable bonds is 8. The van der Waals surface area contributed by atoms with Gasteiger partial charge in [0.15, 0.2) is 6.10 Å². The largest absolute Gasteiger partial charge is 0.440 e. The van der Waals surface area contributed by atoms with Gasteiger partial charge in [-0.15, -0.1) is 0 Å². The fourth-order valence-corrected chi connectivity index (χ4v) is 4.90. The third-order valence-corrected chi connectivity index (χ3v) is 6.68. The zero-order valence-electron chi connectivity index (χ0n) is 17.9. The molecule has 3 aliphatic rings. The summed E-state index contributed by atoms with van der Waals surface area (Å²) in [6.45, 7) is 8.37. The molecular formula is C25H33N2O3+. The van der Waals surface area contributed by atoms with E-state index in [1.807, 2.05) is 67.6 Å². The third kappa shape index (κ3) is 4.85. The van der Waals surface area contributed by atoms with Crippen LogP contribution >= 0.6 is 0 Å². The molecule has 160 valence electrons. The molecule has 2 aromatic rings. The minimum atomic E-state index is -0.244. The van der Waals surface area contributed by atoms with Crippen LogP contribution in [0.1, 0.15) is 25.3 Å². The molecule has 0 N–H and O–H groups in total. The molecule has 0 aliphatic carbocycles. The SMILES string of the molecule is CCOCC[N+]12CCC(CC1)[C@@H](OC(=O)N(Cc1ccccc1)c1ccccc1)C2. The maximum absolute atomic E-state index is 13.3. The highest BCUT2D eigenvalue weighted by atomic mass is 16.6. The Morgan fingerprint density at radius 3 is 2.37 bits per heavy atom. The number of hydrogen-bond acceptors (Lipinski definition) is 3. The van der Waals surface area contributed by atoms with Gasteiger partial charge in [-0.25, -0.2) is 4.79 Å². The van der Waals surface area contributed by atoms with E-state index in [2.05, 4.69) is 0 Å². The van der Waals surface area contributed by atoms with Crippen LogP contribution in [0.2, 0.25) is 0 Å². The van der Waals surface area contributed by atoms with E-state index in [0.29, 0.717) is 12.5 Å². The van der Waals surface area contributed by atoms with Crippen LogP contribution in [-0.2, 0) is 16.0 Å². The van der Waals surface area contributed by atoms with E-state index in [1.165, 1.54) is 13.1 Å². The number of piperidine rings is 3. The van der Waals surface area contributed by atoms with Crippen molar-refractivity contribution in [2.45, 2.75) is 32.4 Å². The summed E-state index contributed by atoms with van der Waals surface area (Å²) in [6.07, 6.45) is 2.01. The lowest BCUT2D eigenvalue weighted by atomic mass is 9.83. The van der Waals surface area contributed by atoms with Gasteiger partial charge in [0, 0.05) is 31.1 Å². The molecule has 0 unspecified atom stereocenters. The molecule has 0 aromatic heterocycles. The summed E-state index contributed by atoms with van der Waals surface area (Å²) in [7, 11) is 0. The molecule has 3 saturated heterocycles. The number of anilines is 1. The van der Waals surface area contributed by atoms with Gasteiger partial charge in [-0.3, -0.25) is 4.90 Å². The van der Waals surface area contributed by atoms with Gasteiger partial charge >= 0.3 is 6.09 Å². The molecule has 2 aromatic carbocycles. The number of ether oxygens (including phenoxy) is 2. The van der Waals surface area contributed by atoms with E-state index in [9.17, 15) is 4.79 Å². The number of carbonyl (C=O) groups excluding carboxylic acids is 1. The lowest BCUT2D eigenvalue weighted by Crippen LogP contribution is -2.65. The van der Waals surface area contributed by atoms with E-state index in [4.69, 9.17) is 9.47 Å². The predicted octanol–water partition coefficient (Wildman–Crippen LogP) is 4.48. The Bertz CT molecular complexity index is 804. The number of quaternary nitrogens is 1. The van der Waals surface area contributed by atoms with Gasteiger partial charge in [-0.05, 0) is 24.6 Å². The summed E-state index contributed by atoms with van der Waals surface area (Å²) in [5, 5.41) is 0. The monoisotopic (exact) mass is 409 g/mol. The van der Waals surface area contributed by atoms with Crippen molar-refractivity contribution in [1.29, 1.82) is 0 Å².